The van der Waals surface area contributed by atoms with Crippen molar-refractivity contribution in [2.45, 2.75) is 76.7 Å². The van der Waals surface area contributed by atoms with Gasteiger partial charge in [-0.3, -0.25) is 19.4 Å². The molecule has 2 aliphatic rings. The van der Waals surface area contributed by atoms with Crippen LogP contribution in [0.25, 0.3) is 0 Å². The van der Waals surface area contributed by atoms with E-state index in [0.29, 0.717) is 25.3 Å². The largest absolute Gasteiger partial charge is 0.381 e. The summed E-state index contributed by atoms with van der Waals surface area (Å²) in [5, 5.41) is 5.64. The fourth-order valence-electron chi connectivity index (χ4n) is 4.37. The van der Waals surface area contributed by atoms with Crippen LogP contribution in [0.5, 0.6) is 0 Å². The zero-order valence-corrected chi connectivity index (χ0v) is 19.8. The molecule has 174 valence electrons. The highest BCUT2D eigenvalue weighted by Crippen LogP contribution is 2.22. The number of rotatable bonds is 8. The minimum absolute atomic E-state index is 0.209. The second kappa shape index (κ2) is 10.9. The van der Waals surface area contributed by atoms with Crippen molar-refractivity contribution in [1.29, 1.82) is 0 Å². The molecule has 0 saturated carbocycles. The number of hydrogen-bond donors (Lipinski definition) is 2. The molecule has 0 unspecified atom stereocenters. The average molecular weight is 427 g/mol. The summed E-state index contributed by atoms with van der Waals surface area (Å²) in [6.45, 7) is 13.0. The average Bonchev–Trinajstić information content (AvgIpc) is 2.76. The maximum Gasteiger partial charge on any atom is 0.309 e. The summed E-state index contributed by atoms with van der Waals surface area (Å²) in [6.07, 6.45) is 4.61. The molecule has 2 aliphatic heterocycles. The molecule has 0 aromatic carbocycles. The van der Waals surface area contributed by atoms with Crippen LogP contribution >= 0.6 is 0 Å². The number of nitrogens with zero attached hydrogens (tertiary/aromatic N) is 2. The van der Waals surface area contributed by atoms with Crippen molar-refractivity contribution in [3.63, 3.8) is 0 Å². The van der Waals surface area contributed by atoms with Crippen LogP contribution in [0.1, 0.15) is 53.4 Å². The van der Waals surface area contributed by atoms with Gasteiger partial charge in [0.05, 0.1) is 12.2 Å². The maximum atomic E-state index is 12.4. The van der Waals surface area contributed by atoms with Crippen LogP contribution in [-0.4, -0.2) is 98.4 Å². The zero-order chi connectivity index (χ0) is 22.4. The van der Waals surface area contributed by atoms with Crippen molar-refractivity contribution in [2.75, 3.05) is 53.5 Å². The lowest BCUT2D eigenvalue weighted by molar-refractivity contribution is -0.140. The first-order valence-corrected chi connectivity index (χ1v) is 11.2. The highest BCUT2D eigenvalue weighted by Gasteiger charge is 2.33. The van der Waals surface area contributed by atoms with Gasteiger partial charge in [0.25, 0.3) is 0 Å². The molecule has 2 saturated heterocycles. The van der Waals surface area contributed by atoms with Gasteiger partial charge in [-0.25, -0.2) is 0 Å². The second-order valence-electron chi connectivity index (χ2n) is 9.83. The third-order valence-electron chi connectivity index (χ3n) is 6.83. The van der Waals surface area contributed by atoms with Crippen molar-refractivity contribution in [3.8, 4) is 0 Å². The summed E-state index contributed by atoms with van der Waals surface area (Å²) in [5.41, 5.74) is -0.417. The summed E-state index contributed by atoms with van der Waals surface area (Å²) < 4.78 is 10.9. The van der Waals surface area contributed by atoms with Crippen LogP contribution in [0.15, 0.2) is 0 Å². The van der Waals surface area contributed by atoms with Gasteiger partial charge in [0.15, 0.2) is 0 Å². The number of carbonyl (C=O) groups is 2. The van der Waals surface area contributed by atoms with Gasteiger partial charge < -0.3 is 20.1 Å². The van der Waals surface area contributed by atoms with E-state index in [2.05, 4.69) is 48.1 Å². The first-order valence-electron chi connectivity index (χ1n) is 11.2. The summed E-state index contributed by atoms with van der Waals surface area (Å²) in [7, 11) is 3.51. The number of piperidine rings is 2. The zero-order valence-electron chi connectivity index (χ0n) is 19.8. The topological polar surface area (TPSA) is 83.1 Å². The van der Waals surface area contributed by atoms with Gasteiger partial charge in [-0.05, 0) is 53.4 Å². The fourth-order valence-corrected chi connectivity index (χ4v) is 4.37. The van der Waals surface area contributed by atoms with Gasteiger partial charge >= 0.3 is 11.8 Å². The highest BCUT2D eigenvalue weighted by molar-refractivity contribution is 6.35. The summed E-state index contributed by atoms with van der Waals surface area (Å²) >= 11 is 0. The van der Waals surface area contributed by atoms with E-state index in [0.717, 1.165) is 51.9 Å². The van der Waals surface area contributed by atoms with E-state index in [1.807, 2.05) is 0 Å². The van der Waals surface area contributed by atoms with Crippen LogP contribution < -0.4 is 10.6 Å². The van der Waals surface area contributed by atoms with Crippen LogP contribution in [0.2, 0.25) is 0 Å². The molecule has 2 amide bonds. The molecule has 2 heterocycles. The lowest BCUT2D eigenvalue weighted by Gasteiger charge is -2.43. The van der Waals surface area contributed by atoms with Crippen LogP contribution in [0.4, 0.5) is 0 Å². The van der Waals surface area contributed by atoms with Crippen molar-refractivity contribution in [1.82, 2.24) is 20.4 Å². The van der Waals surface area contributed by atoms with E-state index in [1.54, 1.807) is 14.2 Å². The molecule has 0 bridgehead atoms. The van der Waals surface area contributed by atoms with Crippen LogP contribution in [0, 0.1) is 0 Å². The van der Waals surface area contributed by atoms with Crippen molar-refractivity contribution in [2.24, 2.45) is 0 Å². The van der Waals surface area contributed by atoms with Crippen molar-refractivity contribution in [3.05, 3.63) is 0 Å². The number of nitrogens with one attached hydrogen (secondary N) is 2. The van der Waals surface area contributed by atoms with E-state index < -0.39 is 11.8 Å². The SMILES string of the molecule is COC1CCN(C(C)(C)CNC(=O)C(=O)NCC(C)(C)N2CCC(OC)CC2)CC1. The minimum Gasteiger partial charge on any atom is -0.381 e. The molecule has 0 aromatic rings. The molecule has 8 nitrogen and oxygen atoms in total. The van der Waals surface area contributed by atoms with Gasteiger partial charge in [-0.15, -0.1) is 0 Å². The van der Waals surface area contributed by atoms with Crippen LogP contribution in [-0.2, 0) is 19.1 Å². The Hall–Kier alpha value is -1.22. The second-order valence-corrected chi connectivity index (χ2v) is 9.83. The Labute approximate surface area is 182 Å². The Bertz CT molecular complexity index is 515. The molecular formula is C22H42N4O4. The number of carbonyl (C=O) groups excluding carboxylic acids is 2. The Morgan fingerprint density at radius 3 is 1.30 bits per heavy atom. The summed E-state index contributed by atoms with van der Waals surface area (Å²) in [5.74, 6) is -1.13. The molecule has 0 atom stereocenters. The molecule has 2 fully saturated rings. The molecule has 8 heteroatoms. The number of hydrogen-bond acceptors (Lipinski definition) is 6. The van der Waals surface area contributed by atoms with Gasteiger partial charge in [0, 0.05) is 64.6 Å². The Morgan fingerprint density at radius 1 is 0.733 bits per heavy atom. The monoisotopic (exact) mass is 426 g/mol. The van der Waals surface area contributed by atoms with Gasteiger partial charge in [-0.2, -0.15) is 0 Å². The predicted octanol–water partition coefficient (Wildman–Crippen LogP) is 0.998. The van der Waals surface area contributed by atoms with E-state index in [4.69, 9.17) is 9.47 Å². The predicted molar refractivity (Wildman–Crippen MR) is 117 cm³/mol. The fraction of sp³-hybridized carbons (Fsp3) is 0.909. The highest BCUT2D eigenvalue weighted by atomic mass is 16.5. The van der Waals surface area contributed by atoms with Crippen molar-refractivity contribution < 1.29 is 19.1 Å². The molecule has 2 rings (SSSR count). The first-order chi connectivity index (χ1) is 14.1. The third kappa shape index (κ3) is 6.90. The van der Waals surface area contributed by atoms with Gasteiger partial charge in [0.1, 0.15) is 0 Å². The Morgan fingerprint density at radius 2 is 1.03 bits per heavy atom. The lowest BCUT2D eigenvalue weighted by Crippen LogP contribution is -2.58. The van der Waals surface area contributed by atoms with Crippen molar-refractivity contribution >= 4 is 11.8 Å². The molecule has 0 aliphatic carbocycles. The Balaban J connectivity index is 1.74. The molecular weight excluding hydrogens is 384 g/mol. The Kier molecular flexibility index (Phi) is 9.09. The smallest absolute Gasteiger partial charge is 0.309 e. The first kappa shape index (κ1) is 25.0. The number of ether oxygens (including phenoxy) is 2. The van der Waals surface area contributed by atoms with E-state index >= 15 is 0 Å². The standard InChI is InChI=1S/C22H42N4O4/c1-21(2,25-11-7-17(29-5)8-12-25)15-23-19(27)20(28)24-16-22(3,4)26-13-9-18(30-6)10-14-26/h17-18H,7-16H2,1-6H3,(H,23,27)(H,24,28). The number of methoxy groups -OCH3 is 2. The van der Waals surface area contributed by atoms with E-state index in [1.165, 1.54) is 0 Å². The van der Waals surface area contributed by atoms with E-state index in [9.17, 15) is 9.59 Å². The molecule has 0 radical (unpaired) electrons. The number of amides is 2. The van der Waals surface area contributed by atoms with Gasteiger partial charge in [-0.1, -0.05) is 0 Å². The molecule has 0 spiro atoms. The van der Waals surface area contributed by atoms with Crippen LogP contribution in [0.3, 0.4) is 0 Å². The van der Waals surface area contributed by atoms with E-state index in [-0.39, 0.29) is 11.1 Å². The molecule has 30 heavy (non-hydrogen) atoms. The molecule has 0 aromatic heterocycles. The maximum absolute atomic E-state index is 12.4. The van der Waals surface area contributed by atoms with Gasteiger partial charge in [0.2, 0.25) is 0 Å². The summed E-state index contributed by atoms with van der Waals surface area (Å²) in [6, 6.07) is 0. The summed E-state index contributed by atoms with van der Waals surface area (Å²) in [4.78, 5) is 29.4. The normalized spacial score (nSPS) is 20.9. The number of likely N-dealkylation sites (tertiary alicyclic amines) is 2. The lowest BCUT2D eigenvalue weighted by atomic mass is 9.97. The minimum atomic E-state index is -0.566. The quantitative estimate of drug-likeness (QED) is 0.564. The molecule has 2 N–H and O–H groups in total. The third-order valence-corrected chi connectivity index (χ3v) is 6.83.